The first-order valence-electron chi connectivity index (χ1n) is 7.44. The maximum absolute atomic E-state index is 13.1. The van der Waals surface area contributed by atoms with Crippen LogP contribution in [-0.2, 0) is 15.5 Å². The quantitative estimate of drug-likeness (QED) is 0.785. The second-order valence-electron chi connectivity index (χ2n) is 7.06. The van der Waals surface area contributed by atoms with E-state index in [0.717, 1.165) is 19.0 Å². The molecule has 2 aliphatic rings. The van der Waals surface area contributed by atoms with E-state index in [1.807, 2.05) is 27.7 Å². The second kappa shape index (κ2) is 4.71. The molecule has 22 heavy (non-hydrogen) atoms. The fourth-order valence-electron chi connectivity index (χ4n) is 2.55. The van der Waals surface area contributed by atoms with Crippen LogP contribution in [0, 0.1) is 0 Å². The van der Waals surface area contributed by atoms with E-state index in [0.29, 0.717) is 11.2 Å². The zero-order chi connectivity index (χ0) is 16.3. The molecule has 1 saturated heterocycles. The summed E-state index contributed by atoms with van der Waals surface area (Å²) < 4.78 is 51.0. The van der Waals surface area contributed by atoms with Crippen molar-refractivity contribution >= 4 is 12.7 Å². The molecule has 1 aromatic rings. The maximum Gasteiger partial charge on any atom is 0.514 e. The lowest BCUT2D eigenvalue weighted by Crippen LogP contribution is -2.41. The van der Waals surface area contributed by atoms with Crippen molar-refractivity contribution in [1.82, 2.24) is 4.98 Å². The van der Waals surface area contributed by atoms with Crippen molar-refractivity contribution in [2.45, 2.75) is 63.8 Å². The molecule has 1 saturated carbocycles. The lowest BCUT2D eigenvalue weighted by Gasteiger charge is -2.32. The highest BCUT2D eigenvalue weighted by Crippen LogP contribution is 2.45. The second-order valence-corrected chi connectivity index (χ2v) is 7.06. The molecule has 3 nitrogen and oxygen atoms in total. The summed E-state index contributed by atoms with van der Waals surface area (Å²) in [6, 6.07) is 1.50. The van der Waals surface area contributed by atoms with Crippen molar-refractivity contribution in [3.8, 4) is 0 Å². The van der Waals surface area contributed by atoms with E-state index in [-0.39, 0.29) is 5.92 Å². The molecular weight excluding hydrogens is 294 g/mol. The predicted octanol–water partition coefficient (Wildman–Crippen LogP) is 3.28. The molecule has 0 aromatic carbocycles. The Morgan fingerprint density at radius 2 is 1.68 bits per heavy atom. The van der Waals surface area contributed by atoms with Gasteiger partial charge in [-0.15, -0.1) is 0 Å². The molecular formula is C15H19BF3NO2. The molecule has 0 atom stereocenters. The van der Waals surface area contributed by atoms with Crippen LogP contribution in [0.25, 0.3) is 0 Å². The summed E-state index contributed by atoms with van der Waals surface area (Å²) in [7, 11) is -0.732. The average molecular weight is 313 g/mol. The zero-order valence-corrected chi connectivity index (χ0v) is 13.1. The van der Waals surface area contributed by atoms with Gasteiger partial charge in [0.15, 0.2) is 0 Å². The molecule has 1 aliphatic carbocycles. The molecule has 7 heteroatoms. The van der Waals surface area contributed by atoms with Crippen LogP contribution in [-0.4, -0.2) is 23.3 Å². The van der Waals surface area contributed by atoms with E-state index in [9.17, 15) is 13.2 Å². The van der Waals surface area contributed by atoms with Crippen molar-refractivity contribution in [2.24, 2.45) is 0 Å². The first-order valence-corrected chi connectivity index (χ1v) is 7.44. The first-order chi connectivity index (χ1) is 10.0. The molecule has 0 bridgehead atoms. The van der Waals surface area contributed by atoms with Crippen LogP contribution in [0.4, 0.5) is 13.2 Å². The molecule has 1 aliphatic heterocycles. The van der Waals surface area contributed by atoms with Gasteiger partial charge >= 0.3 is 13.3 Å². The summed E-state index contributed by atoms with van der Waals surface area (Å²) in [6.07, 6.45) is -1.89. The first kappa shape index (κ1) is 15.8. The number of hydrogen-bond acceptors (Lipinski definition) is 3. The van der Waals surface area contributed by atoms with Crippen LogP contribution in [0.3, 0.4) is 0 Å². The molecule has 0 unspecified atom stereocenters. The van der Waals surface area contributed by atoms with Gasteiger partial charge in [-0.05, 0) is 58.1 Å². The SMILES string of the molecule is CC1(C)OB(c2cc(C3CC3)c(C(F)(F)F)cn2)OC1(C)C. The number of nitrogens with zero attached hydrogens (tertiary/aromatic N) is 1. The lowest BCUT2D eigenvalue weighted by atomic mass is 9.82. The van der Waals surface area contributed by atoms with E-state index in [1.165, 1.54) is 6.07 Å². The van der Waals surface area contributed by atoms with Crippen LogP contribution >= 0.6 is 0 Å². The number of hydrogen-bond donors (Lipinski definition) is 0. The molecule has 2 fully saturated rings. The number of aromatic nitrogens is 1. The van der Waals surface area contributed by atoms with Gasteiger partial charge in [-0.2, -0.15) is 13.2 Å². The van der Waals surface area contributed by atoms with Crippen molar-refractivity contribution < 1.29 is 22.5 Å². The maximum atomic E-state index is 13.1. The minimum atomic E-state index is -4.38. The molecule has 0 spiro atoms. The van der Waals surface area contributed by atoms with Crippen LogP contribution in [0.1, 0.15) is 57.6 Å². The smallest absolute Gasteiger partial charge is 0.398 e. The van der Waals surface area contributed by atoms with Crippen LogP contribution in [0.15, 0.2) is 12.3 Å². The lowest BCUT2D eigenvalue weighted by molar-refractivity contribution is -0.138. The summed E-state index contributed by atoms with van der Waals surface area (Å²) in [4.78, 5) is 3.96. The Kier molecular flexibility index (Phi) is 3.38. The highest BCUT2D eigenvalue weighted by molar-refractivity contribution is 6.61. The van der Waals surface area contributed by atoms with Crippen molar-refractivity contribution in [2.75, 3.05) is 0 Å². The van der Waals surface area contributed by atoms with E-state index in [4.69, 9.17) is 9.31 Å². The Balaban J connectivity index is 1.95. The van der Waals surface area contributed by atoms with Gasteiger partial charge in [0.25, 0.3) is 0 Å². The normalized spacial score (nSPS) is 23.9. The number of rotatable bonds is 2. The topological polar surface area (TPSA) is 31.4 Å². The van der Waals surface area contributed by atoms with Crippen LogP contribution in [0.2, 0.25) is 0 Å². The van der Waals surface area contributed by atoms with Crippen molar-refractivity contribution in [1.29, 1.82) is 0 Å². The number of alkyl halides is 3. The highest BCUT2D eigenvalue weighted by Gasteiger charge is 2.52. The Morgan fingerprint density at radius 1 is 1.14 bits per heavy atom. The average Bonchev–Trinajstić information content (AvgIpc) is 3.16. The zero-order valence-electron chi connectivity index (χ0n) is 13.1. The summed E-state index contributed by atoms with van der Waals surface area (Å²) >= 11 is 0. The summed E-state index contributed by atoms with van der Waals surface area (Å²) in [5, 5.41) is 0. The van der Waals surface area contributed by atoms with Crippen LogP contribution in [0.5, 0.6) is 0 Å². The summed E-state index contributed by atoms with van der Waals surface area (Å²) in [5.74, 6) is -0.0270. The largest absolute Gasteiger partial charge is 0.514 e. The molecule has 3 rings (SSSR count). The summed E-state index contributed by atoms with van der Waals surface area (Å²) in [6.45, 7) is 7.61. The van der Waals surface area contributed by atoms with Gasteiger partial charge in [0.2, 0.25) is 0 Å². The van der Waals surface area contributed by atoms with E-state index in [1.54, 1.807) is 0 Å². The predicted molar refractivity (Wildman–Crippen MR) is 76.9 cm³/mol. The molecule has 0 amide bonds. The third kappa shape index (κ3) is 2.65. The van der Waals surface area contributed by atoms with Crippen molar-refractivity contribution in [3.63, 3.8) is 0 Å². The Hall–Kier alpha value is -1.08. The molecule has 1 aromatic heterocycles. The highest BCUT2D eigenvalue weighted by atomic mass is 19.4. The van der Waals surface area contributed by atoms with Gasteiger partial charge in [0.1, 0.15) is 0 Å². The van der Waals surface area contributed by atoms with E-state index < -0.39 is 30.1 Å². The van der Waals surface area contributed by atoms with Gasteiger partial charge in [0.05, 0.1) is 22.4 Å². The third-order valence-corrected chi connectivity index (χ3v) is 4.77. The minimum Gasteiger partial charge on any atom is -0.398 e. The van der Waals surface area contributed by atoms with E-state index >= 15 is 0 Å². The Labute approximate surface area is 128 Å². The van der Waals surface area contributed by atoms with Crippen molar-refractivity contribution in [3.05, 3.63) is 23.4 Å². The monoisotopic (exact) mass is 313 g/mol. The van der Waals surface area contributed by atoms with Gasteiger partial charge in [-0.25, -0.2) is 0 Å². The molecule has 0 N–H and O–H groups in total. The van der Waals surface area contributed by atoms with Gasteiger partial charge in [-0.1, -0.05) is 0 Å². The van der Waals surface area contributed by atoms with E-state index in [2.05, 4.69) is 4.98 Å². The van der Waals surface area contributed by atoms with Crippen LogP contribution < -0.4 is 5.59 Å². The molecule has 0 radical (unpaired) electrons. The number of halogens is 3. The Bertz CT molecular complexity index is 581. The fraction of sp³-hybridized carbons (Fsp3) is 0.667. The third-order valence-electron chi connectivity index (χ3n) is 4.77. The fourth-order valence-corrected chi connectivity index (χ4v) is 2.55. The molecule has 120 valence electrons. The Morgan fingerprint density at radius 3 is 2.14 bits per heavy atom. The molecule has 2 heterocycles. The van der Waals surface area contributed by atoms with Gasteiger partial charge in [0, 0.05) is 6.20 Å². The number of pyridine rings is 1. The minimum absolute atomic E-state index is 0.0270. The van der Waals surface area contributed by atoms with Gasteiger partial charge < -0.3 is 9.31 Å². The summed E-state index contributed by atoms with van der Waals surface area (Å²) in [5.41, 5.74) is -1.00. The standard InChI is InChI=1S/C15H19BF3NO2/c1-13(2)14(3,4)22-16(21-13)12-7-10(9-5-6-9)11(8-20-12)15(17,18)19/h7-9H,5-6H2,1-4H3. The van der Waals surface area contributed by atoms with Gasteiger partial charge in [-0.3, -0.25) is 4.98 Å².